The molecule has 92 valence electrons. The van der Waals surface area contributed by atoms with Gasteiger partial charge in [-0.2, -0.15) is 11.8 Å². The van der Waals surface area contributed by atoms with E-state index >= 15 is 0 Å². The molecule has 3 nitrogen and oxygen atoms in total. The quantitative estimate of drug-likeness (QED) is 0.898. The minimum Gasteiger partial charge on any atom is -0.478 e. The van der Waals surface area contributed by atoms with Gasteiger partial charge in [0.05, 0.1) is 15.7 Å². The van der Waals surface area contributed by atoms with Gasteiger partial charge in [-0.15, -0.1) is 0 Å². The van der Waals surface area contributed by atoms with E-state index in [0.717, 1.165) is 17.9 Å². The molecule has 0 aromatic heterocycles. The van der Waals surface area contributed by atoms with E-state index in [1.54, 1.807) is 0 Å². The van der Waals surface area contributed by atoms with Crippen LogP contribution in [0.15, 0.2) is 16.6 Å². The lowest BCUT2D eigenvalue weighted by Gasteiger charge is -2.14. The minimum atomic E-state index is -1.14. The number of rotatable bonds is 3. The topological polar surface area (TPSA) is 49.3 Å². The third-order valence-corrected chi connectivity index (χ3v) is 4.54. The van der Waals surface area contributed by atoms with Crippen molar-refractivity contribution in [3.63, 3.8) is 0 Å². The Morgan fingerprint density at radius 2 is 2.35 bits per heavy atom. The Kier molecular flexibility index (Phi) is 3.93. The van der Waals surface area contributed by atoms with E-state index in [0.29, 0.717) is 5.69 Å². The zero-order valence-electron chi connectivity index (χ0n) is 8.87. The Hall–Kier alpha value is -0.750. The van der Waals surface area contributed by atoms with E-state index < -0.39 is 11.8 Å². The van der Waals surface area contributed by atoms with E-state index in [2.05, 4.69) is 21.2 Å². The van der Waals surface area contributed by atoms with E-state index in [1.807, 2.05) is 11.8 Å². The number of halogens is 2. The van der Waals surface area contributed by atoms with Gasteiger partial charge in [0, 0.05) is 11.8 Å². The molecule has 1 aromatic carbocycles. The molecule has 0 amide bonds. The molecular weight excluding hydrogens is 309 g/mol. The second-order valence-corrected chi connectivity index (χ2v) is 5.74. The number of carboxylic acids is 1. The van der Waals surface area contributed by atoms with Crippen molar-refractivity contribution < 1.29 is 14.3 Å². The van der Waals surface area contributed by atoms with Crippen LogP contribution in [0.5, 0.6) is 0 Å². The highest BCUT2D eigenvalue weighted by Crippen LogP contribution is 2.29. The third kappa shape index (κ3) is 2.74. The standard InChI is InChI=1S/C11H11BrFNO2S/c12-9-7(11(15)16)1-2-8(10(9)13)14-6-3-4-17-5-6/h1-2,6,14H,3-5H2,(H,15,16). The molecule has 1 unspecified atom stereocenters. The number of benzene rings is 1. The molecule has 2 N–H and O–H groups in total. The molecule has 0 radical (unpaired) electrons. The Labute approximate surface area is 111 Å². The van der Waals surface area contributed by atoms with Crippen LogP contribution in [0, 0.1) is 5.82 Å². The van der Waals surface area contributed by atoms with Gasteiger partial charge in [0.2, 0.25) is 0 Å². The van der Waals surface area contributed by atoms with Crippen molar-refractivity contribution in [1.29, 1.82) is 0 Å². The van der Waals surface area contributed by atoms with Gasteiger partial charge in [0.15, 0.2) is 5.82 Å². The summed E-state index contributed by atoms with van der Waals surface area (Å²) in [4.78, 5) is 10.8. The first-order valence-corrected chi connectivity index (χ1v) is 7.10. The van der Waals surface area contributed by atoms with Gasteiger partial charge < -0.3 is 10.4 Å². The molecule has 1 fully saturated rings. The van der Waals surface area contributed by atoms with E-state index in [4.69, 9.17) is 5.11 Å². The van der Waals surface area contributed by atoms with Gasteiger partial charge in [-0.3, -0.25) is 0 Å². The summed E-state index contributed by atoms with van der Waals surface area (Å²) in [5.41, 5.74) is 0.295. The third-order valence-electron chi connectivity index (χ3n) is 2.60. The summed E-state index contributed by atoms with van der Waals surface area (Å²) in [6.07, 6.45) is 1.00. The summed E-state index contributed by atoms with van der Waals surface area (Å²) in [7, 11) is 0. The number of anilines is 1. The summed E-state index contributed by atoms with van der Waals surface area (Å²) in [5, 5.41) is 11.9. The molecule has 1 atom stereocenters. The van der Waals surface area contributed by atoms with E-state index in [1.165, 1.54) is 12.1 Å². The molecule has 1 aliphatic heterocycles. The Bertz CT molecular complexity index is 449. The predicted molar refractivity (Wildman–Crippen MR) is 70.4 cm³/mol. The number of aromatic carboxylic acids is 1. The van der Waals surface area contributed by atoms with Gasteiger partial charge in [-0.25, -0.2) is 9.18 Å². The van der Waals surface area contributed by atoms with Crippen molar-refractivity contribution in [3.05, 3.63) is 28.0 Å². The van der Waals surface area contributed by atoms with Crippen LogP contribution in [-0.2, 0) is 0 Å². The lowest BCUT2D eigenvalue weighted by Crippen LogP contribution is -2.19. The van der Waals surface area contributed by atoms with Crippen LogP contribution >= 0.6 is 27.7 Å². The van der Waals surface area contributed by atoms with E-state index in [-0.39, 0.29) is 16.1 Å². The lowest BCUT2D eigenvalue weighted by atomic mass is 10.1. The van der Waals surface area contributed by atoms with Crippen LogP contribution in [0.4, 0.5) is 10.1 Å². The molecule has 0 aliphatic carbocycles. The van der Waals surface area contributed by atoms with Crippen LogP contribution in [0.2, 0.25) is 0 Å². The SMILES string of the molecule is O=C(O)c1ccc(NC2CCSC2)c(F)c1Br. The van der Waals surface area contributed by atoms with Gasteiger partial charge >= 0.3 is 5.97 Å². The van der Waals surface area contributed by atoms with Crippen molar-refractivity contribution >= 4 is 39.3 Å². The fraction of sp³-hybridized carbons (Fsp3) is 0.364. The summed E-state index contributed by atoms with van der Waals surface area (Å²) in [6, 6.07) is 3.14. The first kappa shape index (κ1) is 12.7. The van der Waals surface area contributed by atoms with Gasteiger partial charge in [0.25, 0.3) is 0 Å². The van der Waals surface area contributed by atoms with Gasteiger partial charge in [-0.05, 0) is 40.2 Å². The highest BCUT2D eigenvalue weighted by Gasteiger charge is 2.20. The molecule has 1 saturated heterocycles. The lowest BCUT2D eigenvalue weighted by molar-refractivity contribution is 0.0695. The largest absolute Gasteiger partial charge is 0.478 e. The van der Waals surface area contributed by atoms with E-state index in [9.17, 15) is 9.18 Å². The Balaban J connectivity index is 2.23. The van der Waals surface area contributed by atoms with Crippen molar-refractivity contribution in [2.45, 2.75) is 12.5 Å². The second-order valence-electron chi connectivity index (χ2n) is 3.80. The maximum atomic E-state index is 13.9. The second kappa shape index (κ2) is 5.27. The van der Waals surface area contributed by atoms with Crippen LogP contribution in [-0.4, -0.2) is 28.6 Å². The highest BCUT2D eigenvalue weighted by atomic mass is 79.9. The molecule has 0 saturated carbocycles. The maximum absolute atomic E-state index is 13.9. The van der Waals surface area contributed by atoms with Crippen molar-refractivity contribution in [2.24, 2.45) is 0 Å². The normalized spacial score (nSPS) is 19.3. The molecular formula is C11H11BrFNO2S. The van der Waals surface area contributed by atoms with Crippen LogP contribution in [0.3, 0.4) is 0 Å². The van der Waals surface area contributed by atoms with Gasteiger partial charge in [-0.1, -0.05) is 0 Å². The summed E-state index contributed by atoms with van der Waals surface area (Å²) < 4.78 is 13.9. The molecule has 1 heterocycles. The Morgan fingerprint density at radius 3 is 2.94 bits per heavy atom. The molecule has 1 aliphatic rings. The summed E-state index contributed by atoms with van der Waals surface area (Å²) >= 11 is 4.81. The van der Waals surface area contributed by atoms with Crippen molar-refractivity contribution in [1.82, 2.24) is 0 Å². The van der Waals surface area contributed by atoms with Crippen LogP contribution in [0.25, 0.3) is 0 Å². The van der Waals surface area contributed by atoms with Crippen LogP contribution < -0.4 is 5.32 Å². The number of hydrogen-bond donors (Lipinski definition) is 2. The molecule has 1 aromatic rings. The molecule has 17 heavy (non-hydrogen) atoms. The molecule has 0 bridgehead atoms. The molecule has 0 spiro atoms. The first-order chi connectivity index (χ1) is 8.09. The average molecular weight is 320 g/mol. The average Bonchev–Trinajstić information content (AvgIpc) is 2.77. The van der Waals surface area contributed by atoms with Gasteiger partial charge in [0.1, 0.15) is 0 Å². The Morgan fingerprint density at radius 1 is 1.59 bits per heavy atom. The number of hydrogen-bond acceptors (Lipinski definition) is 3. The zero-order chi connectivity index (χ0) is 12.4. The smallest absolute Gasteiger partial charge is 0.336 e. The first-order valence-electron chi connectivity index (χ1n) is 5.15. The predicted octanol–water partition coefficient (Wildman–Crippen LogP) is 3.20. The fourth-order valence-electron chi connectivity index (χ4n) is 1.69. The van der Waals surface area contributed by atoms with Crippen molar-refractivity contribution in [2.75, 3.05) is 16.8 Å². The van der Waals surface area contributed by atoms with Crippen molar-refractivity contribution in [3.8, 4) is 0 Å². The number of carboxylic acid groups (broad SMARTS) is 1. The molecule has 6 heteroatoms. The zero-order valence-corrected chi connectivity index (χ0v) is 11.3. The number of thioether (sulfide) groups is 1. The monoisotopic (exact) mass is 319 g/mol. The number of nitrogens with one attached hydrogen (secondary N) is 1. The maximum Gasteiger partial charge on any atom is 0.336 e. The minimum absolute atomic E-state index is 0.000602. The highest BCUT2D eigenvalue weighted by molar-refractivity contribution is 9.10. The summed E-state index contributed by atoms with van der Waals surface area (Å²) in [6.45, 7) is 0. The number of carbonyl (C=O) groups is 1. The summed E-state index contributed by atoms with van der Waals surface area (Å²) in [5.74, 6) is 0.353. The molecule has 2 rings (SSSR count). The van der Waals surface area contributed by atoms with Crippen LogP contribution in [0.1, 0.15) is 16.8 Å². The fourth-order valence-corrected chi connectivity index (χ4v) is 3.36.